The summed E-state index contributed by atoms with van der Waals surface area (Å²) in [4.78, 5) is 7.85. The molecule has 9 heavy (non-hydrogen) atoms. The highest BCUT2D eigenvalue weighted by Gasteiger charge is 2.02. The molecule has 3 heteroatoms. The number of anilines is 1. The first-order valence-corrected chi connectivity index (χ1v) is 2.67. The monoisotopic (exact) mass is 119 g/mol. The van der Waals surface area contributed by atoms with Crippen molar-refractivity contribution in [2.45, 2.75) is 0 Å². The van der Waals surface area contributed by atoms with Crippen LogP contribution in [0.4, 0.5) is 5.95 Å². The SMILES string of the molecule is Nc1nc2cc(n1)C=C2. The highest BCUT2D eigenvalue weighted by atomic mass is 15.0. The van der Waals surface area contributed by atoms with Gasteiger partial charge in [-0.2, -0.15) is 0 Å². The molecular weight excluding hydrogens is 114 g/mol. The highest BCUT2D eigenvalue weighted by Crippen LogP contribution is 2.13. The molecule has 0 fully saturated rings. The van der Waals surface area contributed by atoms with Crippen LogP contribution in [0.15, 0.2) is 6.07 Å². The Morgan fingerprint density at radius 3 is 2.22 bits per heavy atom. The molecule has 0 aromatic carbocycles. The smallest absolute Gasteiger partial charge is 0.221 e. The van der Waals surface area contributed by atoms with E-state index in [9.17, 15) is 0 Å². The minimum Gasteiger partial charge on any atom is -0.368 e. The van der Waals surface area contributed by atoms with E-state index in [-0.39, 0.29) is 0 Å². The standard InChI is InChI=1S/C6H5N3/c7-6-8-4-1-2-5(3-4)9-6/h1-3H,(H2,7,8,9). The summed E-state index contributed by atoms with van der Waals surface area (Å²) in [6.45, 7) is 0. The maximum Gasteiger partial charge on any atom is 0.221 e. The molecule has 44 valence electrons. The van der Waals surface area contributed by atoms with Crippen LogP contribution in [0.2, 0.25) is 0 Å². The summed E-state index contributed by atoms with van der Waals surface area (Å²) in [6.07, 6.45) is 3.78. The molecule has 3 nitrogen and oxygen atoms in total. The minimum absolute atomic E-state index is 0.354. The minimum atomic E-state index is 0.354. The molecule has 2 rings (SSSR count). The van der Waals surface area contributed by atoms with E-state index in [0.29, 0.717) is 5.95 Å². The van der Waals surface area contributed by atoms with Crippen molar-refractivity contribution in [1.29, 1.82) is 0 Å². The zero-order chi connectivity index (χ0) is 6.27. The number of nitrogens with two attached hydrogens (primary N) is 1. The third-order valence-electron chi connectivity index (χ3n) is 1.21. The van der Waals surface area contributed by atoms with Crippen LogP contribution in [0, 0.1) is 0 Å². The van der Waals surface area contributed by atoms with Crippen molar-refractivity contribution in [2.75, 3.05) is 5.73 Å². The Kier molecular flexibility index (Phi) is 0.656. The zero-order valence-electron chi connectivity index (χ0n) is 4.70. The van der Waals surface area contributed by atoms with E-state index in [4.69, 9.17) is 5.73 Å². The molecule has 0 unspecified atom stereocenters. The first kappa shape index (κ1) is 4.49. The number of rotatable bonds is 0. The maximum absolute atomic E-state index is 5.34. The average molecular weight is 119 g/mol. The van der Waals surface area contributed by atoms with Gasteiger partial charge in [0.05, 0.1) is 11.4 Å². The summed E-state index contributed by atoms with van der Waals surface area (Å²) < 4.78 is 0. The van der Waals surface area contributed by atoms with Gasteiger partial charge in [0, 0.05) is 0 Å². The molecule has 1 aliphatic rings. The third-order valence-corrected chi connectivity index (χ3v) is 1.21. The summed E-state index contributed by atoms with van der Waals surface area (Å²) in [5.74, 6) is 0.354. The molecule has 0 radical (unpaired) electrons. The molecule has 1 aromatic rings. The van der Waals surface area contributed by atoms with E-state index < -0.39 is 0 Å². The fraction of sp³-hybridized carbons (Fsp3) is 0. The van der Waals surface area contributed by atoms with Crippen LogP contribution in [0.1, 0.15) is 11.4 Å². The van der Waals surface area contributed by atoms with Gasteiger partial charge in [-0.05, 0) is 18.2 Å². The lowest BCUT2D eigenvalue weighted by atomic mass is 10.5. The Labute approximate surface area is 52.2 Å². The Morgan fingerprint density at radius 2 is 1.67 bits per heavy atom. The van der Waals surface area contributed by atoms with Gasteiger partial charge >= 0.3 is 0 Å². The first-order valence-electron chi connectivity index (χ1n) is 2.67. The van der Waals surface area contributed by atoms with Gasteiger partial charge < -0.3 is 5.73 Å². The number of nitrogen functional groups attached to an aromatic ring is 1. The molecule has 1 aliphatic carbocycles. The molecule has 0 spiro atoms. The number of aromatic nitrogens is 2. The van der Waals surface area contributed by atoms with Crippen molar-refractivity contribution in [3.63, 3.8) is 0 Å². The van der Waals surface area contributed by atoms with E-state index in [1.165, 1.54) is 0 Å². The molecule has 0 saturated heterocycles. The maximum atomic E-state index is 5.34. The van der Waals surface area contributed by atoms with Crippen molar-refractivity contribution >= 4 is 18.1 Å². The predicted octanol–water partition coefficient (Wildman–Crippen LogP) is 0.543. The van der Waals surface area contributed by atoms with Gasteiger partial charge in [0.2, 0.25) is 5.95 Å². The van der Waals surface area contributed by atoms with Crippen LogP contribution >= 0.6 is 0 Å². The van der Waals surface area contributed by atoms with E-state index in [1.54, 1.807) is 0 Å². The largest absolute Gasteiger partial charge is 0.368 e. The second-order valence-corrected chi connectivity index (χ2v) is 1.91. The third kappa shape index (κ3) is 0.579. The molecule has 1 heterocycles. The summed E-state index contributed by atoms with van der Waals surface area (Å²) in [6, 6.07) is 1.89. The normalized spacial score (nSPS) is 12.4. The molecule has 2 N–H and O–H groups in total. The van der Waals surface area contributed by atoms with Crippen molar-refractivity contribution < 1.29 is 0 Å². The van der Waals surface area contributed by atoms with Crippen LogP contribution in [-0.4, -0.2) is 9.97 Å². The Morgan fingerprint density at radius 1 is 1.11 bits per heavy atom. The molecule has 0 atom stereocenters. The second-order valence-electron chi connectivity index (χ2n) is 1.91. The molecule has 0 amide bonds. The summed E-state index contributed by atoms with van der Waals surface area (Å²) in [5, 5.41) is 0. The van der Waals surface area contributed by atoms with Crippen molar-refractivity contribution in [3.05, 3.63) is 17.5 Å². The first-order chi connectivity index (χ1) is 4.34. The number of hydrogen-bond acceptors (Lipinski definition) is 3. The number of nitrogens with zero attached hydrogens (tertiary/aromatic N) is 2. The highest BCUT2D eigenvalue weighted by molar-refractivity contribution is 5.73. The van der Waals surface area contributed by atoms with Crippen LogP contribution < -0.4 is 5.73 Å². The lowest BCUT2D eigenvalue weighted by molar-refractivity contribution is 1.17. The van der Waals surface area contributed by atoms with Gasteiger partial charge in [0.1, 0.15) is 0 Å². The number of hydrogen-bond donors (Lipinski definition) is 1. The van der Waals surface area contributed by atoms with Gasteiger partial charge in [0.25, 0.3) is 0 Å². The van der Waals surface area contributed by atoms with Crippen LogP contribution in [0.5, 0.6) is 0 Å². The van der Waals surface area contributed by atoms with Crippen molar-refractivity contribution in [3.8, 4) is 0 Å². The van der Waals surface area contributed by atoms with E-state index >= 15 is 0 Å². The van der Waals surface area contributed by atoms with Gasteiger partial charge in [-0.15, -0.1) is 0 Å². The quantitative estimate of drug-likeness (QED) is 0.550. The van der Waals surface area contributed by atoms with Crippen LogP contribution in [0.3, 0.4) is 0 Å². The van der Waals surface area contributed by atoms with Crippen LogP contribution in [-0.2, 0) is 0 Å². The van der Waals surface area contributed by atoms with E-state index in [2.05, 4.69) is 9.97 Å². The Bertz CT molecular complexity index is 253. The van der Waals surface area contributed by atoms with Crippen molar-refractivity contribution in [1.82, 2.24) is 9.97 Å². The summed E-state index contributed by atoms with van der Waals surface area (Å²) in [5.41, 5.74) is 7.14. The zero-order valence-corrected chi connectivity index (χ0v) is 4.70. The average Bonchev–Trinajstić information content (AvgIpc) is 2.11. The molecule has 0 aliphatic heterocycles. The van der Waals surface area contributed by atoms with Gasteiger partial charge in [-0.25, -0.2) is 9.97 Å². The van der Waals surface area contributed by atoms with E-state index in [1.807, 2.05) is 18.2 Å². The lowest BCUT2D eigenvalue weighted by Gasteiger charge is -1.89. The van der Waals surface area contributed by atoms with Gasteiger partial charge in [0.15, 0.2) is 0 Å². The number of fused-ring (bicyclic) bond motifs is 2. The topological polar surface area (TPSA) is 51.8 Å². The predicted molar refractivity (Wildman–Crippen MR) is 35.4 cm³/mol. The van der Waals surface area contributed by atoms with Gasteiger partial charge in [-0.3, -0.25) is 0 Å². The van der Waals surface area contributed by atoms with Gasteiger partial charge in [-0.1, -0.05) is 0 Å². The van der Waals surface area contributed by atoms with Crippen molar-refractivity contribution in [2.24, 2.45) is 0 Å². The summed E-state index contributed by atoms with van der Waals surface area (Å²) in [7, 11) is 0. The van der Waals surface area contributed by atoms with E-state index in [0.717, 1.165) is 11.4 Å². The van der Waals surface area contributed by atoms with Crippen LogP contribution in [0.25, 0.3) is 12.2 Å². The Balaban J connectivity index is 2.75. The molecular formula is C6H5N3. The fourth-order valence-corrected chi connectivity index (χ4v) is 0.847. The Hall–Kier alpha value is -1.38. The fourth-order valence-electron chi connectivity index (χ4n) is 0.847. The molecule has 0 saturated carbocycles. The second kappa shape index (κ2) is 1.31. The summed E-state index contributed by atoms with van der Waals surface area (Å²) >= 11 is 0. The molecule has 1 aromatic heterocycles. The molecule has 2 bridgehead atoms. The lowest BCUT2D eigenvalue weighted by Crippen LogP contribution is -1.94.